The number of aliphatic hydroxyl groups excluding tert-OH is 1. The molecule has 1 aromatic carbocycles. The summed E-state index contributed by atoms with van der Waals surface area (Å²) in [5.41, 5.74) is 0.959. The normalized spacial score (nSPS) is 10.8. The predicted molar refractivity (Wildman–Crippen MR) is 70.6 cm³/mol. The van der Waals surface area contributed by atoms with Crippen LogP contribution in [0.4, 0.5) is 5.69 Å². The smallest absolute Gasteiger partial charge is 0.272 e. The van der Waals surface area contributed by atoms with Crippen LogP contribution >= 0.6 is 0 Å². The van der Waals surface area contributed by atoms with Gasteiger partial charge in [-0.2, -0.15) is 0 Å². The highest BCUT2D eigenvalue weighted by Gasteiger charge is 2.12. The Morgan fingerprint density at radius 1 is 1.33 bits per heavy atom. The van der Waals surface area contributed by atoms with Gasteiger partial charge in [0, 0.05) is 31.3 Å². The second-order valence-electron chi connectivity index (χ2n) is 4.15. The molecular formula is C13H20N2O3. The lowest BCUT2D eigenvalue weighted by atomic mass is 10.1. The molecule has 0 fully saturated rings. The molecule has 0 unspecified atom stereocenters. The average molecular weight is 252 g/mol. The van der Waals surface area contributed by atoms with Crippen LogP contribution in [0.1, 0.15) is 18.9 Å². The van der Waals surface area contributed by atoms with Crippen LogP contribution in [-0.2, 0) is 6.42 Å². The van der Waals surface area contributed by atoms with Crippen molar-refractivity contribution in [2.45, 2.75) is 19.8 Å². The summed E-state index contributed by atoms with van der Waals surface area (Å²) in [5, 5.41) is 19.7. The fourth-order valence-electron chi connectivity index (χ4n) is 1.90. The van der Waals surface area contributed by atoms with Gasteiger partial charge in [-0.05, 0) is 19.4 Å². The molecule has 0 aromatic heterocycles. The molecule has 0 heterocycles. The molecule has 1 rings (SSSR count). The Bertz CT molecular complexity index is 382. The molecule has 5 nitrogen and oxygen atoms in total. The van der Waals surface area contributed by atoms with E-state index in [2.05, 4.69) is 11.8 Å². The molecule has 0 aliphatic rings. The van der Waals surface area contributed by atoms with E-state index in [9.17, 15) is 10.1 Å². The third-order valence-corrected chi connectivity index (χ3v) is 2.97. The maximum absolute atomic E-state index is 10.9. The SMILES string of the molecule is CCN(CCCO)CCc1ccccc1[N+](=O)[O-]. The molecule has 0 spiro atoms. The zero-order valence-electron chi connectivity index (χ0n) is 10.7. The van der Waals surface area contributed by atoms with Gasteiger partial charge in [0.25, 0.3) is 5.69 Å². The number of rotatable bonds is 8. The maximum Gasteiger partial charge on any atom is 0.272 e. The summed E-state index contributed by atoms with van der Waals surface area (Å²) < 4.78 is 0. The molecule has 0 radical (unpaired) electrons. The summed E-state index contributed by atoms with van der Waals surface area (Å²) in [6.07, 6.45) is 1.40. The molecule has 0 saturated heterocycles. The van der Waals surface area contributed by atoms with Crippen LogP contribution in [0.15, 0.2) is 24.3 Å². The summed E-state index contributed by atoms with van der Waals surface area (Å²) in [6.45, 7) is 4.73. The molecule has 0 bridgehead atoms. The van der Waals surface area contributed by atoms with Crippen molar-refractivity contribution in [1.82, 2.24) is 4.90 Å². The van der Waals surface area contributed by atoms with Gasteiger partial charge < -0.3 is 10.0 Å². The van der Waals surface area contributed by atoms with E-state index in [1.165, 1.54) is 0 Å². The molecule has 1 N–H and O–H groups in total. The molecule has 0 saturated carbocycles. The molecular weight excluding hydrogens is 232 g/mol. The van der Waals surface area contributed by atoms with Crippen LogP contribution in [0, 0.1) is 10.1 Å². The van der Waals surface area contributed by atoms with Crippen molar-refractivity contribution in [3.05, 3.63) is 39.9 Å². The van der Waals surface area contributed by atoms with Crippen molar-refractivity contribution in [3.8, 4) is 0 Å². The van der Waals surface area contributed by atoms with Crippen LogP contribution < -0.4 is 0 Å². The Morgan fingerprint density at radius 2 is 2.06 bits per heavy atom. The van der Waals surface area contributed by atoms with Gasteiger partial charge >= 0.3 is 0 Å². The van der Waals surface area contributed by atoms with E-state index >= 15 is 0 Å². The lowest BCUT2D eigenvalue weighted by molar-refractivity contribution is -0.385. The van der Waals surface area contributed by atoms with Crippen molar-refractivity contribution < 1.29 is 10.0 Å². The molecule has 1 aromatic rings. The van der Waals surface area contributed by atoms with E-state index in [0.29, 0.717) is 6.42 Å². The number of benzene rings is 1. The average Bonchev–Trinajstić information content (AvgIpc) is 2.39. The highest BCUT2D eigenvalue weighted by Crippen LogP contribution is 2.18. The van der Waals surface area contributed by atoms with Crippen molar-refractivity contribution in [1.29, 1.82) is 0 Å². The molecule has 0 amide bonds. The van der Waals surface area contributed by atoms with Crippen molar-refractivity contribution in [3.63, 3.8) is 0 Å². The molecule has 0 aliphatic carbocycles. The van der Waals surface area contributed by atoms with Crippen LogP contribution in [-0.4, -0.2) is 41.2 Å². The summed E-state index contributed by atoms with van der Waals surface area (Å²) in [7, 11) is 0. The van der Waals surface area contributed by atoms with Gasteiger partial charge in [0.2, 0.25) is 0 Å². The number of nitro groups is 1. The van der Waals surface area contributed by atoms with Crippen LogP contribution in [0.3, 0.4) is 0 Å². The largest absolute Gasteiger partial charge is 0.396 e. The van der Waals surface area contributed by atoms with E-state index in [4.69, 9.17) is 5.11 Å². The van der Waals surface area contributed by atoms with Gasteiger partial charge in [-0.3, -0.25) is 10.1 Å². The molecule has 18 heavy (non-hydrogen) atoms. The number of hydrogen-bond donors (Lipinski definition) is 1. The van der Waals surface area contributed by atoms with E-state index < -0.39 is 0 Å². The fraction of sp³-hybridized carbons (Fsp3) is 0.538. The first-order chi connectivity index (χ1) is 8.69. The van der Waals surface area contributed by atoms with E-state index in [-0.39, 0.29) is 17.2 Å². The second kappa shape index (κ2) is 7.79. The Labute approximate surface area is 107 Å². The number of nitrogens with zero attached hydrogens (tertiary/aromatic N) is 2. The highest BCUT2D eigenvalue weighted by atomic mass is 16.6. The first kappa shape index (κ1) is 14.6. The Hall–Kier alpha value is -1.46. The lowest BCUT2D eigenvalue weighted by Crippen LogP contribution is -2.27. The number of nitro benzene ring substituents is 1. The Morgan fingerprint density at radius 3 is 2.67 bits per heavy atom. The first-order valence-electron chi connectivity index (χ1n) is 6.24. The zero-order valence-corrected chi connectivity index (χ0v) is 10.7. The Balaban J connectivity index is 2.59. The van der Waals surface area contributed by atoms with Crippen LogP contribution in [0.25, 0.3) is 0 Å². The van der Waals surface area contributed by atoms with Crippen molar-refractivity contribution in [2.24, 2.45) is 0 Å². The van der Waals surface area contributed by atoms with E-state index in [1.54, 1.807) is 18.2 Å². The maximum atomic E-state index is 10.9. The second-order valence-corrected chi connectivity index (χ2v) is 4.15. The van der Waals surface area contributed by atoms with Gasteiger partial charge in [0.1, 0.15) is 0 Å². The van der Waals surface area contributed by atoms with Gasteiger partial charge in [0.05, 0.1) is 4.92 Å². The third kappa shape index (κ3) is 4.43. The van der Waals surface area contributed by atoms with Gasteiger partial charge in [-0.1, -0.05) is 25.1 Å². The van der Waals surface area contributed by atoms with E-state index in [1.807, 2.05) is 6.07 Å². The third-order valence-electron chi connectivity index (χ3n) is 2.97. The van der Waals surface area contributed by atoms with Gasteiger partial charge in [0.15, 0.2) is 0 Å². The Kier molecular flexibility index (Phi) is 6.32. The number of likely N-dealkylation sites (N-methyl/N-ethyl adjacent to an activating group) is 1. The van der Waals surface area contributed by atoms with Crippen molar-refractivity contribution >= 4 is 5.69 Å². The summed E-state index contributed by atoms with van der Waals surface area (Å²) >= 11 is 0. The zero-order chi connectivity index (χ0) is 13.4. The molecule has 5 heteroatoms. The minimum atomic E-state index is -0.334. The van der Waals surface area contributed by atoms with Crippen LogP contribution in [0.5, 0.6) is 0 Å². The minimum absolute atomic E-state index is 0.183. The number of hydrogen-bond acceptors (Lipinski definition) is 4. The molecule has 0 aliphatic heterocycles. The van der Waals surface area contributed by atoms with Crippen LogP contribution in [0.2, 0.25) is 0 Å². The van der Waals surface area contributed by atoms with Gasteiger partial charge in [-0.25, -0.2) is 0 Å². The number of para-hydroxylation sites is 1. The molecule has 100 valence electrons. The summed E-state index contributed by atoms with van der Waals surface area (Å²) in [5.74, 6) is 0. The highest BCUT2D eigenvalue weighted by molar-refractivity contribution is 5.39. The summed E-state index contributed by atoms with van der Waals surface area (Å²) in [4.78, 5) is 12.7. The standard InChI is InChI=1S/C13H20N2O3/c1-2-14(9-5-11-16)10-8-12-6-3-4-7-13(12)15(17)18/h3-4,6-7,16H,2,5,8-11H2,1H3. The van der Waals surface area contributed by atoms with Crippen molar-refractivity contribution in [2.75, 3.05) is 26.2 Å². The quantitative estimate of drug-likeness (QED) is 0.566. The monoisotopic (exact) mass is 252 g/mol. The topological polar surface area (TPSA) is 66.6 Å². The summed E-state index contributed by atoms with van der Waals surface area (Å²) in [6, 6.07) is 6.86. The first-order valence-corrected chi connectivity index (χ1v) is 6.24. The van der Waals surface area contributed by atoms with Gasteiger partial charge in [-0.15, -0.1) is 0 Å². The predicted octanol–water partition coefficient (Wildman–Crippen LogP) is 1.84. The fourth-order valence-corrected chi connectivity index (χ4v) is 1.90. The lowest BCUT2D eigenvalue weighted by Gasteiger charge is -2.19. The number of aliphatic hydroxyl groups is 1. The minimum Gasteiger partial charge on any atom is -0.396 e. The van der Waals surface area contributed by atoms with E-state index in [0.717, 1.165) is 31.6 Å². The molecule has 0 atom stereocenters.